The van der Waals surface area contributed by atoms with E-state index in [-0.39, 0.29) is 17.7 Å². The number of halogens is 1. The highest BCUT2D eigenvalue weighted by atomic mass is 19.1. The van der Waals surface area contributed by atoms with Gasteiger partial charge in [0.15, 0.2) is 11.6 Å². The summed E-state index contributed by atoms with van der Waals surface area (Å²) in [4.78, 5) is 20.3. The van der Waals surface area contributed by atoms with Gasteiger partial charge in [0.25, 0.3) is 5.91 Å². The first-order valence-corrected chi connectivity index (χ1v) is 7.51. The van der Waals surface area contributed by atoms with Gasteiger partial charge in [0, 0.05) is 12.7 Å². The average molecular weight is 341 g/mol. The van der Waals surface area contributed by atoms with E-state index >= 15 is 0 Å². The number of carbonyl (C=O) groups excluding carboxylic acids is 1. The Morgan fingerprint density at radius 2 is 1.88 bits per heavy atom. The quantitative estimate of drug-likeness (QED) is 0.789. The van der Waals surface area contributed by atoms with Crippen molar-refractivity contribution in [2.75, 3.05) is 5.32 Å². The van der Waals surface area contributed by atoms with Crippen LogP contribution in [0.15, 0.2) is 36.7 Å². The monoisotopic (exact) mass is 341 g/mol. The molecule has 0 saturated heterocycles. The predicted molar refractivity (Wildman–Crippen MR) is 89.1 cm³/mol. The summed E-state index contributed by atoms with van der Waals surface area (Å²) >= 11 is 0. The summed E-state index contributed by atoms with van der Waals surface area (Å²) in [7, 11) is 1.77. The van der Waals surface area contributed by atoms with Gasteiger partial charge in [-0.05, 0) is 26.0 Å². The topological polar surface area (TPSA) is 81.9 Å². The molecule has 8 heteroatoms. The minimum absolute atomic E-state index is 0.0168. The second kappa shape index (κ2) is 6.68. The summed E-state index contributed by atoms with van der Waals surface area (Å²) in [5.41, 5.74) is 2.30. The van der Waals surface area contributed by atoms with Crippen LogP contribution in [0.25, 0.3) is 0 Å². The van der Waals surface area contributed by atoms with Crippen molar-refractivity contribution in [3.63, 3.8) is 0 Å². The summed E-state index contributed by atoms with van der Waals surface area (Å²) in [6.45, 7) is 3.58. The number of rotatable bonds is 4. The van der Waals surface area contributed by atoms with Crippen molar-refractivity contribution in [2.45, 2.75) is 13.8 Å². The Morgan fingerprint density at radius 3 is 2.48 bits per heavy atom. The van der Waals surface area contributed by atoms with Gasteiger partial charge in [0.05, 0.1) is 29.3 Å². The number of nitrogens with one attached hydrogen (secondary N) is 1. The van der Waals surface area contributed by atoms with E-state index in [2.05, 4.69) is 20.4 Å². The van der Waals surface area contributed by atoms with Crippen LogP contribution in [0.1, 0.15) is 21.7 Å². The van der Waals surface area contributed by atoms with Gasteiger partial charge in [-0.15, -0.1) is 0 Å². The molecule has 0 aliphatic heterocycles. The van der Waals surface area contributed by atoms with Crippen molar-refractivity contribution in [3.8, 4) is 11.8 Å². The van der Waals surface area contributed by atoms with Gasteiger partial charge in [0.1, 0.15) is 0 Å². The van der Waals surface area contributed by atoms with Gasteiger partial charge >= 0.3 is 6.01 Å². The highest BCUT2D eigenvalue weighted by molar-refractivity contribution is 6.05. The number of benzene rings is 1. The number of aryl methyl sites for hydroxylation is 2. The van der Waals surface area contributed by atoms with Gasteiger partial charge in [-0.1, -0.05) is 12.1 Å². The number of anilines is 1. The molecule has 1 aromatic carbocycles. The maximum absolute atomic E-state index is 13.5. The standard InChI is InChI=1S/C17H16FN5O2/c1-10-15(11(2)23(3)22-10)16(24)21-12-8-19-17(20-9-12)25-14-7-5-4-6-13(14)18/h4-9H,1-3H3,(H,21,24). The molecule has 25 heavy (non-hydrogen) atoms. The Balaban J connectivity index is 1.72. The molecule has 7 nitrogen and oxygen atoms in total. The van der Waals surface area contributed by atoms with E-state index in [1.807, 2.05) is 6.92 Å². The van der Waals surface area contributed by atoms with Crippen molar-refractivity contribution in [1.82, 2.24) is 19.7 Å². The number of hydrogen-bond donors (Lipinski definition) is 1. The fourth-order valence-electron chi connectivity index (χ4n) is 2.36. The van der Waals surface area contributed by atoms with Crippen LogP contribution in [0.2, 0.25) is 0 Å². The Morgan fingerprint density at radius 1 is 1.20 bits per heavy atom. The number of hydrogen-bond acceptors (Lipinski definition) is 5. The summed E-state index contributed by atoms with van der Waals surface area (Å²) < 4.78 is 20.5. The summed E-state index contributed by atoms with van der Waals surface area (Å²) in [5.74, 6) is -0.777. The summed E-state index contributed by atoms with van der Waals surface area (Å²) in [5, 5.41) is 6.92. The molecular formula is C17H16FN5O2. The molecule has 0 bridgehead atoms. The number of aromatic nitrogens is 4. The third-order valence-corrected chi connectivity index (χ3v) is 3.66. The molecule has 0 aliphatic carbocycles. The Kier molecular flexibility index (Phi) is 4.42. The maximum atomic E-state index is 13.5. The number of ether oxygens (including phenoxy) is 1. The Hall–Kier alpha value is -3.29. The molecule has 1 amide bonds. The molecule has 0 atom stereocenters. The van der Waals surface area contributed by atoms with Crippen molar-refractivity contribution >= 4 is 11.6 Å². The first-order chi connectivity index (χ1) is 12.0. The van der Waals surface area contributed by atoms with Crippen LogP contribution in [-0.2, 0) is 7.05 Å². The van der Waals surface area contributed by atoms with Gasteiger partial charge in [-0.3, -0.25) is 9.48 Å². The zero-order valence-corrected chi connectivity index (χ0v) is 13.9. The average Bonchev–Trinajstić information content (AvgIpc) is 2.84. The van der Waals surface area contributed by atoms with Crippen LogP contribution in [-0.4, -0.2) is 25.7 Å². The second-order valence-corrected chi connectivity index (χ2v) is 5.41. The highest BCUT2D eigenvalue weighted by Gasteiger charge is 2.17. The molecule has 0 fully saturated rings. The lowest BCUT2D eigenvalue weighted by molar-refractivity contribution is 0.102. The smallest absolute Gasteiger partial charge is 0.322 e. The number of nitrogens with zero attached hydrogens (tertiary/aromatic N) is 4. The van der Waals surface area contributed by atoms with Crippen molar-refractivity contribution in [2.24, 2.45) is 7.05 Å². The van der Waals surface area contributed by atoms with E-state index in [0.29, 0.717) is 16.9 Å². The summed E-state index contributed by atoms with van der Waals surface area (Å²) in [6, 6.07) is 5.94. The van der Waals surface area contributed by atoms with Gasteiger partial charge in [0.2, 0.25) is 0 Å². The molecule has 0 unspecified atom stereocenters. The lowest BCUT2D eigenvalue weighted by atomic mass is 10.2. The zero-order chi connectivity index (χ0) is 18.0. The van der Waals surface area contributed by atoms with Crippen molar-refractivity contribution < 1.29 is 13.9 Å². The molecule has 3 rings (SSSR count). The van der Waals surface area contributed by atoms with Crippen LogP contribution >= 0.6 is 0 Å². The molecule has 2 aromatic heterocycles. The van der Waals surface area contributed by atoms with Crippen molar-refractivity contribution in [1.29, 1.82) is 0 Å². The lowest BCUT2D eigenvalue weighted by Crippen LogP contribution is -2.14. The summed E-state index contributed by atoms with van der Waals surface area (Å²) in [6.07, 6.45) is 2.78. The van der Waals surface area contributed by atoms with E-state index in [1.165, 1.54) is 24.5 Å². The van der Waals surface area contributed by atoms with Crippen LogP contribution in [0.5, 0.6) is 11.8 Å². The lowest BCUT2D eigenvalue weighted by Gasteiger charge is -2.07. The van der Waals surface area contributed by atoms with E-state index in [4.69, 9.17) is 4.74 Å². The van der Waals surface area contributed by atoms with Gasteiger partial charge in [-0.2, -0.15) is 5.10 Å². The predicted octanol–water partition coefficient (Wildman–Crippen LogP) is 3.01. The molecule has 1 N–H and O–H groups in total. The molecule has 0 aliphatic rings. The SMILES string of the molecule is Cc1nn(C)c(C)c1C(=O)Nc1cnc(Oc2ccccc2F)nc1. The van der Waals surface area contributed by atoms with E-state index in [9.17, 15) is 9.18 Å². The minimum atomic E-state index is -0.508. The minimum Gasteiger partial charge on any atom is -0.421 e. The van der Waals surface area contributed by atoms with E-state index in [1.54, 1.807) is 30.8 Å². The first-order valence-electron chi connectivity index (χ1n) is 7.51. The molecule has 3 aromatic rings. The van der Waals surface area contributed by atoms with Gasteiger partial charge in [-0.25, -0.2) is 14.4 Å². The molecule has 128 valence electrons. The second-order valence-electron chi connectivity index (χ2n) is 5.41. The molecular weight excluding hydrogens is 325 g/mol. The third kappa shape index (κ3) is 3.47. The Bertz CT molecular complexity index is 921. The van der Waals surface area contributed by atoms with Crippen molar-refractivity contribution in [3.05, 3.63) is 59.4 Å². The number of carbonyl (C=O) groups is 1. The van der Waals surface area contributed by atoms with Crippen LogP contribution in [0.3, 0.4) is 0 Å². The van der Waals surface area contributed by atoms with Crippen LogP contribution < -0.4 is 10.1 Å². The number of para-hydroxylation sites is 1. The zero-order valence-electron chi connectivity index (χ0n) is 13.9. The van der Waals surface area contributed by atoms with E-state index in [0.717, 1.165) is 5.69 Å². The van der Waals surface area contributed by atoms with Crippen LogP contribution in [0, 0.1) is 19.7 Å². The highest BCUT2D eigenvalue weighted by Crippen LogP contribution is 2.21. The normalized spacial score (nSPS) is 10.6. The van der Waals surface area contributed by atoms with Crippen LogP contribution in [0.4, 0.5) is 10.1 Å². The molecule has 2 heterocycles. The fraction of sp³-hybridized carbons (Fsp3) is 0.176. The number of amides is 1. The maximum Gasteiger partial charge on any atom is 0.322 e. The Labute approximate surface area is 143 Å². The largest absolute Gasteiger partial charge is 0.421 e. The van der Waals surface area contributed by atoms with Gasteiger partial charge < -0.3 is 10.1 Å². The third-order valence-electron chi connectivity index (χ3n) is 3.66. The molecule has 0 radical (unpaired) electrons. The molecule has 0 saturated carbocycles. The fourth-order valence-corrected chi connectivity index (χ4v) is 2.36. The molecule has 0 spiro atoms. The van der Waals surface area contributed by atoms with E-state index < -0.39 is 5.82 Å². The first kappa shape index (κ1) is 16.6.